The van der Waals surface area contributed by atoms with Gasteiger partial charge in [0.1, 0.15) is 5.75 Å². The van der Waals surface area contributed by atoms with Crippen molar-refractivity contribution in [1.82, 2.24) is 4.90 Å². The number of rotatable bonds is 5. The summed E-state index contributed by atoms with van der Waals surface area (Å²) in [5.41, 5.74) is 5.85. The van der Waals surface area contributed by atoms with E-state index in [1.165, 1.54) is 0 Å². The highest BCUT2D eigenvalue weighted by molar-refractivity contribution is 9.10. The fourth-order valence-electron chi connectivity index (χ4n) is 1.95. The highest BCUT2D eigenvalue weighted by Gasteiger charge is 2.42. The first-order valence-electron chi connectivity index (χ1n) is 6.87. The lowest BCUT2D eigenvalue weighted by Gasteiger charge is -2.39. The number of carbonyl (C=O) groups is 1. The summed E-state index contributed by atoms with van der Waals surface area (Å²) in [7, 11) is 3.41. The molecule has 0 aliphatic rings. The van der Waals surface area contributed by atoms with E-state index in [1.807, 2.05) is 45.9 Å². The number of hydrogen-bond donors (Lipinski definition) is 1. The van der Waals surface area contributed by atoms with Crippen LogP contribution in [0.3, 0.4) is 0 Å². The Bertz CT molecular complexity index is 521. The Morgan fingerprint density at radius 2 is 1.90 bits per heavy atom. The number of methoxy groups -OCH3 is 1. The van der Waals surface area contributed by atoms with Gasteiger partial charge in [-0.05, 0) is 45.9 Å². The molecule has 1 rings (SSSR count). The van der Waals surface area contributed by atoms with Gasteiger partial charge in [-0.3, -0.25) is 4.79 Å². The third-order valence-corrected chi connectivity index (χ3v) is 4.64. The van der Waals surface area contributed by atoms with Crippen LogP contribution in [0.1, 0.15) is 33.3 Å². The van der Waals surface area contributed by atoms with E-state index in [4.69, 9.17) is 10.5 Å². The zero-order valence-electron chi connectivity index (χ0n) is 13.7. The van der Waals surface area contributed by atoms with Gasteiger partial charge in [-0.15, -0.1) is 0 Å². The molecule has 118 valence electrons. The quantitative estimate of drug-likeness (QED) is 0.881. The Morgan fingerprint density at radius 3 is 2.38 bits per heavy atom. The van der Waals surface area contributed by atoms with Crippen molar-refractivity contribution in [3.63, 3.8) is 0 Å². The molecule has 1 aromatic rings. The Balaban J connectivity index is 2.99. The third kappa shape index (κ3) is 3.98. The Kier molecular flexibility index (Phi) is 5.45. The van der Waals surface area contributed by atoms with Crippen molar-refractivity contribution in [3.8, 4) is 5.75 Å². The molecule has 21 heavy (non-hydrogen) atoms. The molecule has 0 unspecified atom stereocenters. The van der Waals surface area contributed by atoms with Gasteiger partial charge in [-0.2, -0.15) is 0 Å². The Labute approximate surface area is 135 Å². The molecule has 0 bridgehead atoms. The first-order chi connectivity index (χ1) is 9.50. The van der Waals surface area contributed by atoms with Gasteiger partial charge in [0.25, 0.3) is 0 Å². The molecule has 0 spiro atoms. The van der Waals surface area contributed by atoms with Crippen LogP contribution in [0, 0.1) is 5.41 Å². The smallest absolute Gasteiger partial charge is 0.230 e. The third-order valence-electron chi connectivity index (χ3n) is 4.14. The summed E-state index contributed by atoms with van der Waals surface area (Å²) in [5.74, 6) is 0.777. The van der Waals surface area contributed by atoms with E-state index in [0.717, 1.165) is 15.8 Å². The van der Waals surface area contributed by atoms with Crippen LogP contribution in [0.15, 0.2) is 22.7 Å². The molecule has 0 aliphatic heterocycles. The molecule has 1 aromatic carbocycles. The van der Waals surface area contributed by atoms with Crippen LogP contribution in [-0.4, -0.2) is 30.5 Å². The van der Waals surface area contributed by atoms with E-state index < -0.39 is 11.0 Å². The molecule has 0 fully saturated rings. The number of amides is 1. The molecule has 0 aromatic heterocycles. The standard InChI is InChI=1S/C16H25BrN2O2/c1-15(2,16(3,4)18)14(20)19(5)10-11-9-12(17)7-8-13(11)21-6/h7-9H,10,18H2,1-6H3. The van der Waals surface area contributed by atoms with Crippen molar-refractivity contribution >= 4 is 21.8 Å². The maximum absolute atomic E-state index is 12.7. The fourth-order valence-corrected chi connectivity index (χ4v) is 2.36. The van der Waals surface area contributed by atoms with Gasteiger partial charge in [-0.1, -0.05) is 15.9 Å². The van der Waals surface area contributed by atoms with E-state index in [-0.39, 0.29) is 5.91 Å². The van der Waals surface area contributed by atoms with E-state index in [9.17, 15) is 4.79 Å². The summed E-state index contributed by atoms with van der Waals surface area (Å²) in [4.78, 5) is 14.4. The van der Waals surface area contributed by atoms with E-state index in [2.05, 4.69) is 15.9 Å². The van der Waals surface area contributed by atoms with Gasteiger partial charge >= 0.3 is 0 Å². The molecule has 1 amide bonds. The fraction of sp³-hybridized carbons (Fsp3) is 0.562. The van der Waals surface area contributed by atoms with Crippen LogP contribution in [-0.2, 0) is 11.3 Å². The van der Waals surface area contributed by atoms with E-state index in [0.29, 0.717) is 6.54 Å². The zero-order chi connectivity index (χ0) is 16.4. The molecule has 0 saturated heterocycles. The minimum atomic E-state index is -0.652. The van der Waals surface area contributed by atoms with Gasteiger partial charge in [0.05, 0.1) is 12.5 Å². The first kappa shape index (κ1) is 18.0. The lowest BCUT2D eigenvalue weighted by Crippen LogP contribution is -2.55. The van der Waals surface area contributed by atoms with Crippen LogP contribution in [0.4, 0.5) is 0 Å². The summed E-state index contributed by atoms with van der Waals surface area (Å²) < 4.78 is 6.31. The first-order valence-corrected chi connectivity index (χ1v) is 7.67. The average Bonchev–Trinajstić information content (AvgIpc) is 2.36. The molecule has 0 radical (unpaired) electrons. The number of carbonyl (C=O) groups excluding carboxylic acids is 1. The number of halogens is 1. The topological polar surface area (TPSA) is 55.6 Å². The zero-order valence-corrected chi connectivity index (χ0v) is 15.2. The lowest BCUT2D eigenvalue weighted by atomic mass is 9.74. The lowest BCUT2D eigenvalue weighted by molar-refractivity contribution is -0.142. The minimum absolute atomic E-state index is 0.0111. The molecule has 0 atom stereocenters. The van der Waals surface area contributed by atoms with Gasteiger partial charge in [-0.25, -0.2) is 0 Å². The maximum atomic E-state index is 12.7. The van der Waals surface area contributed by atoms with Crippen LogP contribution in [0.2, 0.25) is 0 Å². The SMILES string of the molecule is COc1ccc(Br)cc1CN(C)C(=O)C(C)(C)C(C)(C)N. The van der Waals surface area contributed by atoms with Crippen LogP contribution in [0.5, 0.6) is 5.75 Å². The molecule has 4 nitrogen and oxygen atoms in total. The van der Waals surface area contributed by atoms with Crippen molar-refractivity contribution in [2.24, 2.45) is 11.1 Å². The number of benzene rings is 1. The predicted octanol–water partition coefficient (Wildman–Crippen LogP) is 3.18. The van der Waals surface area contributed by atoms with Crippen molar-refractivity contribution < 1.29 is 9.53 Å². The van der Waals surface area contributed by atoms with Gasteiger partial charge in [0.15, 0.2) is 0 Å². The number of ether oxygens (including phenoxy) is 1. The second-order valence-corrected chi connectivity index (χ2v) is 7.38. The van der Waals surface area contributed by atoms with Crippen molar-refractivity contribution in [2.45, 2.75) is 39.8 Å². The van der Waals surface area contributed by atoms with E-state index >= 15 is 0 Å². The molecule has 0 aliphatic carbocycles. The molecule has 0 saturated carbocycles. The second kappa shape index (κ2) is 6.36. The number of nitrogens with two attached hydrogens (primary N) is 1. The van der Waals surface area contributed by atoms with E-state index in [1.54, 1.807) is 19.1 Å². The van der Waals surface area contributed by atoms with Crippen molar-refractivity contribution in [2.75, 3.05) is 14.2 Å². The second-order valence-electron chi connectivity index (χ2n) is 6.46. The molecule has 0 heterocycles. The minimum Gasteiger partial charge on any atom is -0.496 e. The monoisotopic (exact) mass is 356 g/mol. The molecule has 2 N–H and O–H groups in total. The number of nitrogens with zero attached hydrogens (tertiary/aromatic N) is 1. The van der Waals surface area contributed by atoms with Gasteiger partial charge < -0.3 is 15.4 Å². The largest absolute Gasteiger partial charge is 0.496 e. The summed E-state index contributed by atoms with van der Waals surface area (Å²) in [6.45, 7) is 7.98. The van der Waals surface area contributed by atoms with Crippen molar-refractivity contribution in [1.29, 1.82) is 0 Å². The van der Waals surface area contributed by atoms with Crippen LogP contribution >= 0.6 is 15.9 Å². The van der Waals surface area contributed by atoms with Crippen LogP contribution < -0.4 is 10.5 Å². The molecular weight excluding hydrogens is 332 g/mol. The summed E-state index contributed by atoms with van der Waals surface area (Å²) in [6.07, 6.45) is 0. The van der Waals surface area contributed by atoms with Gasteiger partial charge in [0.2, 0.25) is 5.91 Å². The Hall–Kier alpha value is -1.07. The normalized spacial score (nSPS) is 12.2. The highest BCUT2D eigenvalue weighted by atomic mass is 79.9. The maximum Gasteiger partial charge on any atom is 0.230 e. The highest BCUT2D eigenvalue weighted by Crippen LogP contribution is 2.31. The number of hydrogen-bond acceptors (Lipinski definition) is 3. The van der Waals surface area contributed by atoms with Gasteiger partial charge in [0, 0.05) is 29.2 Å². The Morgan fingerprint density at radius 1 is 1.33 bits per heavy atom. The summed E-state index contributed by atoms with van der Waals surface area (Å²) in [6, 6.07) is 5.76. The average molecular weight is 357 g/mol. The summed E-state index contributed by atoms with van der Waals surface area (Å²) >= 11 is 3.44. The summed E-state index contributed by atoms with van der Waals surface area (Å²) in [5, 5.41) is 0. The molecular formula is C16H25BrN2O2. The predicted molar refractivity (Wildman–Crippen MR) is 89.2 cm³/mol. The van der Waals surface area contributed by atoms with Crippen molar-refractivity contribution in [3.05, 3.63) is 28.2 Å². The molecule has 5 heteroatoms. The van der Waals surface area contributed by atoms with Crippen LogP contribution in [0.25, 0.3) is 0 Å².